The third-order valence-corrected chi connectivity index (χ3v) is 3.51. The quantitative estimate of drug-likeness (QED) is 0.904. The summed E-state index contributed by atoms with van der Waals surface area (Å²) in [5, 5.41) is 3.14. The van der Waals surface area contributed by atoms with Gasteiger partial charge in [-0.3, -0.25) is 4.79 Å². The second kappa shape index (κ2) is 6.44. The van der Waals surface area contributed by atoms with E-state index in [1.54, 1.807) is 23.2 Å². The van der Waals surface area contributed by atoms with Gasteiger partial charge in [-0.2, -0.15) is 0 Å². The van der Waals surface area contributed by atoms with Crippen molar-refractivity contribution >= 4 is 23.1 Å². The summed E-state index contributed by atoms with van der Waals surface area (Å²) >= 11 is 0. The number of aromatic nitrogens is 1. The Balaban J connectivity index is 1.77. The highest BCUT2D eigenvalue weighted by atomic mass is 16.5. The van der Waals surface area contributed by atoms with E-state index in [1.807, 2.05) is 24.3 Å². The van der Waals surface area contributed by atoms with Crippen LogP contribution in [0.1, 0.15) is 10.4 Å². The molecule has 1 aromatic heterocycles. The number of hydrogen-bond donors (Lipinski definition) is 2. The molecule has 0 atom stereocenters. The zero-order valence-electron chi connectivity index (χ0n) is 12.2. The van der Waals surface area contributed by atoms with Crippen LogP contribution in [0.4, 0.5) is 17.2 Å². The number of nitrogen functional groups attached to an aromatic ring is 1. The van der Waals surface area contributed by atoms with Crippen molar-refractivity contribution in [2.24, 2.45) is 0 Å². The predicted molar refractivity (Wildman–Crippen MR) is 85.1 cm³/mol. The van der Waals surface area contributed by atoms with Crippen molar-refractivity contribution < 1.29 is 9.53 Å². The molecule has 3 rings (SSSR count). The lowest BCUT2D eigenvalue weighted by Crippen LogP contribution is -2.40. The molecule has 1 aliphatic rings. The molecule has 2 aromatic rings. The number of carbonyl (C=O) groups excluding carboxylic acids is 1. The lowest BCUT2D eigenvalue weighted by molar-refractivity contribution is 0.0303. The van der Waals surface area contributed by atoms with Gasteiger partial charge >= 0.3 is 0 Å². The van der Waals surface area contributed by atoms with E-state index in [-0.39, 0.29) is 5.91 Å². The molecule has 6 heteroatoms. The van der Waals surface area contributed by atoms with E-state index in [9.17, 15) is 4.79 Å². The highest BCUT2D eigenvalue weighted by Gasteiger charge is 2.18. The van der Waals surface area contributed by atoms with Gasteiger partial charge in [0, 0.05) is 30.5 Å². The normalized spacial score (nSPS) is 14.6. The van der Waals surface area contributed by atoms with Gasteiger partial charge in [-0.05, 0) is 30.3 Å². The summed E-state index contributed by atoms with van der Waals surface area (Å²) in [6.45, 7) is 2.44. The SMILES string of the molecule is Nc1cccnc1Nc1cccc(C(=O)N2CCOCC2)c1. The third-order valence-electron chi connectivity index (χ3n) is 3.51. The first-order chi connectivity index (χ1) is 10.7. The molecule has 22 heavy (non-hydrogen) atoms. The van der Waals surface area contributed by atoms with E-state index in [1.165, 1.54) is 0 Å². The van der Waals surface area contributed by atoms with Crippen LogP contribution < -0.4 is 11.1 Å². The van der Waals surface area contributed by atoms with E-state index in [4.69, 9.17) is 10.5 Å². The number of nitrogens with zero attached hydrogens (tertiary/aromatic N) is 2. The molecule has 3 N–H and O–H groups in total. The molecule has 1 aromatic carbocycles. The zero-order valence-corrected chi connectivity index (χ0v) is 12.2. The number of nitrogens with one attached hydrogen (secondary N) is 1. The minimum Gasteiger partial charge on any atom is -0.396 e. The maximum atomic E-state index is 12.5. The molecule has 1 amide bonds. The highest BCUT2D eigenvalue weighted by Crippen LogP contribution is 2.21. The molecule has 1 saturated heterocycles. The molecule has 1 fully saturated rings. The van der Waals surface area contributed by atoms with Gasteiger partial charge in [-0.25, -0.2) is 4.98 Å². The monoisotopic (exact) mass is 298 g/mol. The summed E-state index contributed by atoms with van der Waals surface area (Å²) in [6, 6.07) is 10.9. The number of rotatable bonds is 3. The smallest absolute Gasteiger partial charge is 0.254 e. The number of morpholine rings is 1. The summed E-state index contributed by atoms with van der Waals surface area (Å²) in [7, 11) is 0. The lowest BCUT2D eigenvalue weighted by Gasteiger charge is -2.27. The number of nitrogens with two attached hydrogens (primary N) is 1. The van der Waals surface area contributed by atoms with Crippen LogP contribution in [0.25, 0.3) is 0 Å². The van der Waals surface area contributed by atoms with Crippen molar-refractivity contribution in [3.05, 3.63) is 48.2 Å². The summed E-state index contributed by atoms with van der Waals surface area (Å²) in [5.41, 5.74) is 7.85. The van der Waals surface area contributed by atoms with Gasteiger partial charge in [0.1, 0.15) is 0 Å². The van der Waals surface area contributed by atoms with Crippen molar-refractivity contribution in [2.45, 2.75) is 0 Å². The first-order valence-electron chi connectivity index (χ1n) is 7.18. The van der Waals surface area contributed by atoms with E-state index in [2.05, 4.69) is 10.3 Å². The summed E-state index contributed by atoms with van der Waals surface area (Å²) in [6.07, 6.45) is 1.67. The topological polar surface area (TPSA) is 80.5 Å². The lowest BCUT2D eigenvalue weighted by atomic mass is 10.1. The number of benzene rings is 1. The molecular formula is C16H18N4O2. The average molecular weight is 298 g/mol. The summed E-state index contributed by atoms with van der Waals surface area (Å²) in [4.78, 5) is 18.5. The van der Waals surface area contributed by atoms with Crippen LogP contribution in [0, 0.1) is 0 Å². The standard InChI is InChI=1S/C16H18N4O2/c17-14-5-2-6-18-15(14)19-13-4-1-3-12(11-13)16(21)20-7-9-22-10-8-20/h1-6,11H,7-10,17H2,(H,18,19). The first-order valence-corrected chi connectivity index (χ1v) is 7.18. The summed E-state index contributed by atoms with van der Waals surface area (Å²) < 4.78 is 5.27. The van der Waals surface area contributed by atoms with Crippen LogP contribution in [0.2, 0.25) is 0 Å². The second-order valence-electron chi connectivity index (χ2n) is 5.05. The highest BCUT2D eigenvalue weighted by molar-refractivity contribution is 5.95. The van der Waals surface area contributed by atoms with Gasteiger partial charge < -0.3 is 20.7 Å². The molecule has 0 radical (unpaired) electrons. The van der Waals surface area contributed by atoms with Crippen LogP contribution in [-0.4, -0.2) is 42.1 Å². The second-order valence-corrected chi connectivity index (χ2v) is 5.05. The van der Waals surface area contributed by atoms with Crippen LogP contribution >= 0.6 is 0 Å². The largest absolute Gasteiger partial charge is 0.396 e. The van der Waals surface area contributed by atoms with Crippen molar-refractivity contribution in [1.29, 1.82) is 0 Å². The Kier molecular flexibility index (Phi) is 4.20. The number of pyridine rings is 1. The Morgan fingerprint density at radius 1 is 1.23 bits per heavy atom. The van der Waals surface area contributed by atoms with Gasteiger partial charge in [0.25, 0.3) is 5.91 Å². The van der Waals surface area contributed by atoms with Crippen LogP contribution in [0.15, 0.2) is 42.6 Å². The predicted octanol–water partition coefficient (Wildman–Crippen LogP) is 1.88. The number of carbonyl (C=O) groups is 1. The Hall–Kier alpha value is -2.60. The van der Waals surface area contributed by atoms with Crippen molar-refractivity contribution in [1.82, 2.24) is 9.88 Å². The average Bonchev–Trinajstić information content (AvgIpc) is 2.57. The number of amides is 1. The van der Waals surface area contributed by atoms with Gasteiger partial charge in [0.2, 0.25) is 0 Å². The van der Waals surface area contributed by atoms with Crippen molar-refractivity contribution in [3.8, 4) is 0 Å². The van der Waals surface area contributed by atoms with Crippen LogP contribution in [0.3, 0.4) is 0 Å². The maximum absolute atomic E-state index is 12.5. The molecular weight excluding hydrogens is 280 g/mol. The Morgan fingerprint density at radius 3 is 2.82 bits per heavy atom. The first kappa shape index (κ1) is 14.3. The van der Waals surface area contributed by atoms with Gasteiger partial charge in [-0.15, -0.1) is 0 Å². The van der Waals surface area contributed by atoms with Crippen molar-refractivity contribution in [3.63, 3.8) is 0 Å². The Morgan fingerprint density at radius 2 is 2.05 bits per heavy atom. The molecule has 0 aliphatic carbocycles. The Labute approximate surface area is 128 Å². The van der Waals surface area contributed by atoms with E-state index >= 15 is 0 Å². The van der Waals surface area contributed by atoms with Crippen LogP contribution in [-0.2, 0) is 4.74 Å². The van der Waals surface area contributed by atoms with Gasteiger partial charge in [0.05, 0.1) is 18.9 Å². The number of anilines is 3. The molecule has 114 valence electrons. The fourth-order valence-corrected chi connectivity index (χ4v) is 2.34. The van der Waals surface area contributed by atoms with E-state index in [0.29, 0.717) is 43.4 Å². The molecule has 0 bridgehead atoms. The van der Waals surface area contributed by atoms with Crippen molar-refractivity contribution in [2.75, 3.05) is 37.4 Å². The fraction of sp³-hybridized carbons (Fsp3) is 0.250. The molecule has 0 unspecified atom stereocenters. The fourth-order valence-electron chi connectivity index (χ4n) is 2.34. The minimum atomic E-state index is 0.0148. The minimum absolute atomic E-state index is 0.0148. The zero-order chi connectivity index (χ0) is 15.4. The summed E-state index contributed by atoms with van der Waals surface area (Å²) in [5.74, 6) is 0.597. The van der Waals surface area contributed by atoms with Gasteiger partial charge in [0.15, 0.2) is 5.82 Å². The van der Waals surface area contributed by atoms with E-state index < -0.39 is 0 Å². The molecule has 0 spiro atoms. The molecule has 6 nitrogen and oxygen atoms in total. The number of ether oxygens (including phenoxy) is 1. The maximum Gasteiger partial charge on any atom is 0.254 e. The number of hydrogen-bond acceptors (Lipinski definition) is 5. The third kappa shape index (κ3) is 3.17. The van der Waals surface area contributed by atoms with Crippen LogP contribution in [0.5, 0.6) is 0 Å². The van der Waals surface area contributed by atoms with E-state index in [0.717, 1.165) is 5.69 Å². The molecule has 2 heterocycles. The van der Waals surface area contributed by atoms with Gasteiger partial charge in [-0.1, -0.05) is 6.07 Å². The molecule has 0 saturated carbocycles. The molecule has 1 aliphatic heterocycles. The Bertz CT molecular complexity index is 669.